The van der Waals surface area contributed by atoms with Gasteiger partial charge in [0.2, 0.25) is 5.89 Å². The Hall–Kier alpha value is -2.16. The van der Waals surface area contributed by atoms with E-state index >= 15 is 0 Å². The van der Waals surface area contributed by atoms with Gasteiger partial charge in [0.05, 0.1) is 5.56 Å². The van der Waals surface area contributed by atoms with Gasteiger partial charge in [0.25, 0.3) is 0 Å². The van der Waals surface area contributed by atoms with Crippen molar-refractivity contribution in [1.29, 1.82) is 0 Å². The van der Waals surface area contributed by atoms with Crippen molar-refractivity contribution in [2.45, 2.75) is 12.6 Å². The van der Waals surface area contributed by atoms with Gasteiger partial charge in [-0.1, -0.05) is 17.4 Å². The minimum atomic E-state index is -4.50. The first-order valence-electron chi connectivity index (χ1n) is 5.88. The lowest BCUT2D eigenvalue weighted by Gasteiger charge is -2.14. The molecule has 0 atom stereocenters. The summed E-state index contributed by atoms with van der Waals surface area (Å²) in [5, 5.41) is 6.40. The number of hydrogen-bond donors (Lipinski definition) is 2. The molecule has 1 heterocycles. The maximum absolute atomic E-state index is 12.8. The van der Waals surface area contributed by atoms with Crippen LogP contribution in [-0.2, 0) is 12.6 Å². The predicted octanol–water partition coefficient (Wildman–Crippen LogP) is 2.38. The van der Waals surface area contributed by atoms with Crippen LogP contribution in [0.25, 0.3) is 0 Å². The maximum Gasteiger partial charge on any atom is 0.417 e. The van der Waals surface area contributed by atoms with E-state index in [1.165, 1.54) is 18.5 Å². The first-order valence-corrected chi connectivity index (χ1v) is 6.29. The summed E-state index contributed by atoms with van der Waals surface area (Å²) in [6, 6.07) is 3.54. The van der Waals surface area contributed by atoms with Crippen molar-refractivity contribution >= 4 is 22.9 Å². The number of anilines is 1. The SMILES string of the molecule is NC(=S)c1cc(NCCc2ncno2)ccc1C(F)(F)F. The molecule has 0 aliphatic rings. The molecule has 3 N–H and O–H groups in total. The monoisotopic (exact) mass is 316 g/mol. The second-order valence-electron chi connectivity index (χ2n) is 4.13. The van der Waals surface area contributed by atoms with E-state index < -0.39 is 11.7 Å². The van der Waals surface area contributed by atoms with Gasteiger partial charge in [-0.25, -0.2) is 0 Å². The summed E-state index contributed by atoms with van der Waals surface area (Å²) in [6.45, 7) is 0.421. The second kappa shape index (κ2) is 6.08. The Kier molecular flexibility index (Phi) is 4.41. The summed E-state index contributed by atoms with van der Waals surface area (Å²) in [7, 11) is 0. The smallest absolute Gasteiger partial charge is 0.389 e. The molecule has 1 aromatic carbocycles. The van der Waals surface area contributed by atoms with E-state index in [4.69, 9.17) is 10.3 Å². The topological polar surface area (TPSA) is 77.0 Å². The van der Waals surface area contributed by atoms with Crippen molar-refractivity contribution in [3.8, 4) is 0 Å². The molecule has 2 rings (SSSR count). The Morgan fingerprint density at radius 1 is 1.38 bits per heavy atom. The van der Waals surface area contributed by atoms with Crippen LogP contribution in [0.4, 0.5) is 18.9 Å². The molecule has 0 amide bonds. The van der Waals surface area contributed by atoms with Gasteiger partial charge in [0, 0.05) is 24.2 Å². The Bertz CT molecular complexity index is 628. The minimum Gasteiger partial charge on any atom is -0.389 e. The first-order chi connectivity index (χ1) is 9.88. The summed E-state index contributed by atoms with van der Waals surface area (Å²) < 4.78 is 43.3. The average molecular weight is 316 g/mol. The van der Waals surface area contributed by atoms with Crippen LogP contribution in [0.15, 0.2) is 29.0 Å². The molecule has 0 spiro atoms. The molecule has 0 unspecified atom stereocenters. The van der Waals surface area contributed by atoms with Gasteiger partial charge in [0.15, 0.2) is 6.33 Å². The van der Waals surface area contributed by atoms with Crippen molar-refractivity contribution in [2.75, 3.05) is 11.9 Å². The molecule has 0 radical (unpaired) electrons. The third-order valence-electron chi connectivity index (χ3n) is 2.67. The number of thiocarbonyl (C=S) groups is 1. The average Bonchev–Trinajstić information content (AvgIpc) is 2.90. The summed E-state index contributed by atoms with van der Waals surface area (Å²) in [5.74, 6) is 0.434. The Morgan fingerprint density at radius 2 is 2.14 bits per heavy atom. The van der Waals surface area contributed by atoms with E-state index in [1.54, 1.807) is 0 Å². The molecule has 0 bridgehead atoms. The summed E-state index contributed by atoms with van der Waals surface area (Å²) in [6.07, 6.45) is -2.77. The fourth-order valence-electron chi connectivity index (χ4n) is 1.73. The second-order valence-corrected chi connectivity index (χ2v) is 4.57. The predicted molar refractivity (Wildman–Crippen MR) is 73.8 cm³/mol. The van der Waals surface area contributed by atoms with E-state index in [9.17, 15) is 13.2 Å². The third kappa shape index (κ3) is 3.91. The summed E-state index contributed by atoms with van der Waals surface area (Å²) in [5.41, 5.74) is 4.78. The molecule has 1 aromatic heterocycles. The van der Waals surface area contributed by atoms with E-state index in [-0.39, 0.29) is 10.6 Å². The molecule has 5 nitrogen and oxygen atoms in total. The van der Waals surface area contributed by atoms with Crippen LogP contribution >= 0.6 is 12.2 Å². The van der Waals surface area contributed by atoms with Gasteiger partial charge in [-0.15, -0.1) is 0 Å². The van der Waals surface area contributed by atoms with E-state index in [0.717, 1.165) is 6.07 Å². The molecule has 2 aromatic rings. The molecule has 9 heteroatoms. The highest BCUT2D eigenvalue weighted by atomic mass is 32.1. The van der Waals surface area contributed by atoms with Crippen molar-refractivity contribution < 1.29 is 17.7 Å². The number of alkyl halides is 3. The highest BCUT2D eigenvalue weighted by Gasteiger charge is 2.34. The van der Waals surface area contributed by atoms with Crippen LogP contribution in [0.5, 0.6) is 0 Å². The lowest BCUT2D eigenvalue weighted by molar-refractivity contribution is -0.137. The zero-order valence-corrected chi connectivity index (χ0v) is 11.5. The van der Waals surface area contributed by atoms with Crippen LogP contribution < -0.4 is 11.1 Å². The van der Waals surface area contributed by atoms with Gasteiger partial charge >= 0.3 is 6.18 Å². The first kappa shape index (κ1) is 15.2. The zero-order chi connectivity index (χ0) is 15.5. The highest BCUT2D eigenvalue weighted by molar-refractivity contribution is 7.80. The number of nitrogens with one attached hydrogen (secondary N) is 1. The lowest BCUT2D eigenvalue weighted by Crippen LogP contribution is -2.18. The van der Waals surface area contributed by atoms with Gasteiger partial charge in [-0.2, -0.15) is 18.2 Å². The van der Waals surface area contributed by atoms with E-state index in [0.29, 0.717) is 24.5 Å². The van der Waals surface area contributed by atoms with Gasteiger partial charge in [-0.3, -0.25) is 0 Å². The number of aromatic nitrogens is 2. The van der Waals surface area contributed by atoms with Gasteiger partial charge in [-0.05, 0) is 18.2 Å². The van der Waals surface area contributed by atoms with Gasteiger partial charge < -0.3 is 15.6 Å². The quantitative estimate of drug-likeness (QED) is 0.825. The van der Waals surface area contributed by atoms with Gasteiger partial charge in [0.1, 0.15) is 4.99 Å². The van der Waals surface area contributed by atoms with Crippen molar-refractivity contribution in [3.05, 3.63) is 41.5 Å². The normalized spacial score (nSPS) is 11.4. The van der Waals surface area contributed by atoms with Crippen molar-refractivity contribution in [2.24, 2.45) is 5.73 Å². The number of benzene rings is 1. The van der Waals surface area contributed by atoms with Crippen molar-refractivity contribution in [1.82, 2.24) is 10.1 Å². The molecule has 0 fully saturated rings. The van der Waals surface area contributed by atoms with Crippen LogP contribution in [-0.4, -0.2) is 21.7 Å². The Morgan fingerprint density at radius 3 is 2.71 bits per heavy atom. The van der Waals surface area contributed by atoms with E-state index in [2.05, 4.69) is 27.7 Å². The Labute approximate surface area is 123 Å². The fraction of sp³-hybridized carbons (Fsp3) is 0.250. The molecule has 21 heavy (non-hydrogen) atoms. The number of nitrogens with zero attached hydrogens (tertiary/aromatic N) is 2. The number of hydrogen-bond acceptors (Lipinski definition) is 5. The van der Waals surface area contributed by atoms with Crippen LogP contribution in [0.3, 0.4) is 0 Å². The molecule has 112 valence electrons. The molecule has 0 saturated heterocycles. The number of nitrogens with two attached hydrogens (primary N) is 1. The minimum absolute atomic E-state index is 0.208. The summed E-state index contributed by atoms with van der Waals surface area (Å²) >= 11 is 4.67. The lowest BCUT2D eigenvalue weighted by atomic mass is 10.1. The molecule has 0 saturated carbocycles. The van der Waals surface area contributed by atoms with Crippen LogP contribution in [0, 0.1) is 0 Å². The molecule has 0 aliphatic heterocycles. The molecular formula is C12H11F3N4OS. The third-order valence-corrected chi connectivity index (χ3v) is 2.89. The standard InChI is InChI=1S/C12H11F3N4OS/c13-12(14,15)9-2-1-7(5-8(9)11(16)21)17-4-3-10-18-6-19-20-10/h1-2,5-6,17H,3-4H2,(H2,16,21). The largest absolute Gasteiger partial charge is 0.417 e. The van der Waals surface area contributed by atoms with Crippen LogP contribution in [0.2, 0.25) is 0 Å². The Balaban J connectivity index is 2.11. The fourth-order valence-corrected chi connectivity index (χ4v) is 1.89. The van der Waals surface area contributed by atoms with Crippen molar-refractivity contribution in [3.63, 3.8) is 0 Å². The van der Waals surface area contributed by atoms with E-state index in [1.807, 2.05) is 0 Å². The molecular weight excluding hydrogens is 305 g/mol. The van der Waals surface area contributed by atoms with Crippen LogP contribution in [0.1, 0.15) is 17.0 Å². The number of halogens is 3. The zero-order valence-electron chi connectivity index (χ0n) is 10.6. The number of rotatable bonds is 5. The highest BCUT2D eigenvalue weighted by Crippen LogP contribution is 2.33. The molecule has 0 aliphatic carbocycles. The maximum atomic E-state index is 12.8. The summed E-state index contributed by atoms with van der Waals surface area (Å²) in [4.78, 5) is 3.53.